The molecule has 0 bridgehead atoms. The number of carbonyl (C=O) groups excluding carboxylic acids is 1. The van der Waals surface area contributed by atoms with Crippen molar-refractivity contribution in [2.75, 3.05) is 13.1 Å². The molecule has 290 valence electrons. The molecule has 5 nitrogen and oxygen atoms in total. The van der Waals surface area contributed by atoms with Crippen LogP contribution in [0, 0.1) is 40.4 Å². The van der Waals surface area contributed by atoms with Gasteiger partial charge in [-0.05, 0) is 121 Å². The molecule has 0 aromatic heterocycles. The molecule has 0 radical (unpaired) electrons. The number of rotatable bonds is 16. The number of hydrogen-bond acceptors (Lipinski definition) is 4. The van der Waals surface area contributed by atoms with Crippen molar-refractivity contribution in [1.82, 2.24) is 4.90 Å². The Kier molecular flexibility index (Phi) is 14.2. The molecular formula is C44H77NO4Si2. The van der Waals surface area contributed by atoms with Crippen LogP contribution in [0.15, 0.2) is 47.6 Å². The van der Waals surface area contributed by atoms with E-state index in [1.165, 1.54) is 43.3 Å². The van der Waals surface area contributed by atoms with Crippen molar-refractivity contribution in [3.05, 3.63) is 47.6 Å². The predicted octanol–water partition coefficient (Wildman–Crippen LogP) is 9.25. The highest BCUT2D eigenvalue weighted by molar-refractivity contribution is 6.32. The number of hydrogen-bond donors (Lipinski definition) is 1. The molecule has 1 amide bonds. The summed E-state index contributed by atoms with van der Waals surface area (Å²) in [5, 5.41) is 11.8. The second-order valence-corrected chi connectivity index (χ2v) is 24.2. The lowest BCUT2D eigenvalue weighted by Gasteiger charge is -2.44. The van der Waals surface area contributed by atoms with E-state index in [0.717, 1.165) is 25.7 Å². The van der Waals surface area contributed by atoms with Gasteiger partial charge in [0.15, 0.2) is 19.5 Å². The number of nitrogens with zero attached hydrogens (tertiary/aromatic N) is 1. The lowest BCUT2D eigenvalue weighted by atomic mass is 9.61. The number of fused-ring (bicyclic) bond motifs is 1. The van der Waals surface area contributed by atoms with Crippen LogP contribution in [-0.2, 0) is 13.6 Å². The topological polar surface area (TPSA) is 59.0 Å². The Balaban J connectivity index is 1.50. The fourth-order valence-electron chi connectivity index (χ4n) is 9.05. The molecule has 4 fully saturated rings. The summed E-state index contributed by atoms with van der Waals surface area (Å²) in [4.78, 5) is 15.1. The van der Waals surface area contributed by atoms with Crippen molar-refractivity contribution in [2.24, 2.45) is 40.4 Å². The van der Waals surface area contributed by atoms with Crippen LogP contribution < -0.4 is 0 Å². The highest BCUT2D eigenvalue weighted by atomic mass is 28.2. The Labute approximate surface area is 318 Å². The minimum atomic E-state index is -0.762. The Morgan fingerprint density at radius 1 is 0.961 bits per heavy atom. The van der Waals surface area contributed by atoms with Crippen molar-refractivity contribution < 1.29 is 18.8 Å². The molecule has 7 heteroatoms. The third kappa shape index (κ3) is 9.52. The van der Waals surface area contributed by atoms with Crippen LogP contribution in [0.2, 0.25) is 10.1 Å². The first-order valence-corrected chi connectivity index (χ1v) is 23.4. The summed E-state index contributed by atoms with van der Waals surface area (Å²) in [7, 11) is -1.48. The molecule has 0 unspecified atom stereocenters. The van der Waals surface area contributed by atoms with Crippen molar-refractivity contribution in [3.8, 4) is 0 Å². The number of aliphatic hydroxyl groups excluding tert-OH is 1. The Hall–Kier alpha value is -1.26. The first-order valence-electron chi connectivity index (χ1n) is 20.8. The first kappa shape index (κ1) is 42.5. The fourth-order valence-corrected chi connectivity index (χ4v) is 11.6. The van der Waals surface area contributed by atoms with E-state index in [0.29, 0.717) is 42.7 Å². The predicted molar refractivity (Wildman–Crippen MR) is 221 cm³/mol. The minimum absolute atomic E-state index is 0.0572. The van der Waals surface area contributed by atoms with Crippen molar-refractivity contribution >= 4 is 25.4 Å². The third-order valence-corrected chi connectivity index (χ3v) is 19.1. The van der Waals surface area contributed by atoms with E-state index in [1.807, 2.05) is 24.8 Å². The van der Waals surface area contributed by atoms with Gasteiger partial charge < -0.3 is 18.9 Å². The quantitative estimate of drug-likeness (QED) is 0.127. The van der Waals surface area contributed by atoms with Gasteiger partial charge in [0.2, 0.25) is 5.91 Å². The summed E-state index contributed by atoms with van der Waals surface area (Å²) in [5.41, 5.74) is 3.76. The van der Waals surface area contributed by atoms with Crippen LogP contribution in [0.25, 0.3) is 0 Å². The zero-order chi connectivity index (χ0) is 37.9. The van der Waals surface area contributed by atoms with Gasteiger partial charge in [-0.2, -0.15) is 0 Å². The molecule has 51 heavy (non-hydrogen) atoms. The van der Waals surface area contributed by atoms with E-state index < -0.39 is 31.0 Å². The van der Waals surface area contributed by atoms with Crippen molar-refractivity contribution in [1.29, 1.82) is 0 Å². The van der Waals surface area contributed by atoms with Crippen LogP contribution in [-0.4, -0.2) is 66.8 Å². The summed E-state index contributed by atoms with van der Waals surface area (Å²) < 4.78 is 13.7. The molecule has 4 saturated carbocycles. The summed E-state index contributed by atoms with van der Waals surface area (Å²) in [6, 6.07) is 0. The molecule has 0 aliphatic heterocycles. The standard InChI is InChI=1S/C44H77NO4Si2/c1-14-45(15-2)40(47)44(25-26-44)39(46)23-18-31(7)36-21-22-37-33(17-16-24-43(36,37)13)19-20-34-27-35(48-50-41(9,10)29(3)4)28-38(32(34)8)49-51-42(11,12)30(5)6/h18-20,23,29-31,35-39,46H,8,14-17,21-22,24-28,50-51H2,1-7,9-13H3/t31-,35-,36-,37+,38+,39+,43-/m1/s1. The lowest BCUT2D eigenvalue weighted by molar-refractivity contribution is -0.139. The molecule has 7 atom stereocenters. The van der Waals surface area contributed by atoms with Crippen LogP contribution in [0.5, 0.6) is 0 Å². The number of carbonyl (C=O) groups is 1. The maximum absolute atomic E-state index is 13.2. The highest BCUT2D eigenvalue weighted by Crippen LogP contribution is 2.60. The number of allylic oxidation sites excluding steroid dienone is 4. The smallest absolute Gasteiger partial charge is 0.231 e. The fraction of sp³-hybridized carbons (Fsp3) is 0.795. The van der Waals surface area contributed by atoms with E-state index in [9.17, 15) is 9.90 Å². The zero-order valence-electron chi connectivity index (χ0n) is 34.9. The SMILES string of the molecule is C=C1C(=CC=C2CCC[C@]3(C)[C@@H]([C@H](C)C=C[C@H](O)C4(C(=O)N(CC)CC)CC4)CC[C@@H]23)C[C@@H](O[SiH2]C(C)(C)C(C)C)C[C@@H]1O[SiH2]C(C)(C)C(C)C. The average molecular weight is 740 g/mol. The zero-order valence-corrected chi connectivity index (χ0v) is 37.8. The monoisotopic (exact) mass is 740 g/mol. The summed E-state index contributed by atoms with van der Waals surface area (Å²) in [6.07, 6.45) is 18.2. The molecule has 0 spiro atoms. The van der Waals surface area contributed by atoms with Gasteiger partial charge in [0.05, 0.1) is 23.7 Å². The lowest BCUT2D eigenvalue weighted by Crippen LogP contribution is -2.42. The Bertz CT molecular complexity index is 1310. The molecular weight excluding hydrogens is 663 g/mol. The molecule has 0 saturated heterocycles. The number of amides is 1. The summed E-state index contributed by atoms with van der Waals surface area (Å²) >= 11 is 0. The largest absolute Gasteiger partial charge is 0.420 e. The van der Waals surface area contributed by atoms with Gasteiger partial charge in [-0.1, -0.05) is 106 Å². The second kappa shape index (κ2) is 17.0. The maximum Gasteiger partial charge on any atom is 0.231 e. The maximum atomic E-state index is 13.2. The van der Waals surface area contributed by atoms with E-state index in [1.54, 1.807) is 5.57 Å². The molecule has 1 N–H and O–H groups in total. The Morgan fingerprint density at radius 2 is 1.57 bits per heavy atom. The van der Waals surface area contributed by atoms with Gasteiger partial charge in [0.1, 0.15) is 0 Å². The third-order valence-electron chi connectivity index (χ3n) is 14.8. The summed E-state index contributed by atoms with van der Waals surface area (Å²) in [6.45, 7) is 33.8. The summed E-state index contributed by atoms with van der Waals surface area (Å²) in [5.74, 6) is 2.86. The van der Waals surface area contributed by atoms with Gasteiger partial charge in [-0.25, -0.2) is 0 Å². The van der Waals surface area contributed by atoms with Gasteiger partial charge in [-0.15, -0.1) is 0 Å². The molecule has 0 aromatic rings. The van der Waals surface area contributed by atoms with Crippen LogP contribution >= 0.6 is 0 Å². The van der Waals surface area contributed by atoms with E-state index in [-0.39, 0.29) is 33.6 Å². The normalized spacial score (nSPS) is 31.6. The van der Waals surface area contributed by atoms with Gasteiger partial charge >= 0.3 is 0 Å². The second-order valence-electron chi connectivity index (χ2n) is 19.3. The minimum Gasteiger partial charge on any atom is -0.420 e. The molecule has 0 aromatic carbocycles. The number of aliphatic hydroxyl groups is 1. The van der Waals surface area contributed by atoms with Crippen molar-refractivity contribution in [3.63, 3.8) is 0 Å². The van der Waals surface area contributed by atoms with Gasteiger partial charge in [-0.3, -0.25) is 4.79 Å². The van der Waals surface area contributed by atoms with Crippen molar-refractivity contribution in [2.45, 2.75) is 169 Å². The first-order chi connectivity index (χ1) is 23.8. The van der Waals surface area contributed by atoms with Crippen LogP contribution in [0.3, 0.4) is 0 Å². The Morgan fingerprint density at radius 3 is 2.14 bits per heavy atom. The molecule has 4 rings (SSSR count). The van der Waals surface area contributed by atoms with Crippen LogP contribution in [0.1, 0.15) is 141 Å². The molecule has 0 heterocycles. The average Bonchev–Trinajstić information content (AvgIpc) is 3.81. The van der Waals surface area contributed by atoms with E-state index in [2.05, 4.69) is 94.0 Å². The molecule has 4 aliphatic carbocycles. The molecule has 4 aliphatic rings. The van der Waals surface area contributed by atoms with E-state index in [4.69, 9.17) is 8.85 Å². The van der Waals surface area contributed by atoms with Gasteiger partial charge in [0.25, 0.3) is 0 Å². The van der Waals surface area contributed by atoms with Crippen LogP contribution in [0.4, 0.5) is 0 Å². The highest BCUT2D eigenvalue weighted by Gasteiger charge is 2.56. The van der Waals surface area contributed by atoms with Gasteiger partial charge in [0, 0.05) is 19.5 Å². The van der Waals surface area contributed by atoms with E-state index >= 15 is 0 Å².